The highest BCUT2D eigenvalue weighted by Crippen LogP contribution is 2.02. The maximum atomic E-state index is 8.02. The minimum absolute atomic E-state index is 0.104. The van der Waals surface area contributed by atoms with Crippen LogP contribution in [-0.2, 0) is 0 Å². The van der Waals surface area contributed by atoms with Crippen molar-refractivity contribution in [2.45, 2.75) is 25.8 Å². The van der Waals surface area contributed by atoms with E-state index in [0.717, 1.165) is 12.8 Å². The highest BCUT2D eigenvalue weighted by atomic mass is 15.1. The van der Waals surface area contributed by atoms with Crippen LogP contribution in [0.1, 0.15) is 19.8 Å². The third-order valence-corrected chi connectivity index (χ3v) is 1.12. The van der Waals surface area contributed by atoms with Crippen molar-refractivity contribution in [2.24, 2.45) is 5.11 Å². The number of hydrogen-bond donors (Lipinski definition) is 0. The molecule has 0 heterocycles. The first-order chi connectivity index (χ1) is 4.35. The second-order valence-corrected chi connectivity index (χ2v) is 1.79. The van der Waals surface area contributed by atoms with Crippen LogP contribution < -0.4 is 0 Å². The second kappa shape index (κ2) is 5.19. The van der Waals surface area contributed by atoms with Crippen molar-refractivity contribution in [3.8, 4) is 0 Å². The number of nitrogens with zero attached hydrogens (tertiary/aromatic N) is 3. The summed E-state index contributed by atoms with van der Waals surface area (Å²) in [5.41, 5.74) is 8.02. The molecule has 0 aliphatic rings. The van der Waals surface area contributed by atoms with Gasteiger partial charge < -0.3 is 0 Å². The molecule has 3 nitrogen and oxygen atoms in total. The van der Waals surface area contributed by atoms with Gasteiger partial charge in [-0.2, -0.15) is 0 Å². The lowest BCUT2D eigenvalue weighted by Crippen LogP contribution is -1.97. The van der Waals surface area contributed by atoms with Crippen LogP contribution in [0.3, 0.4) is 0 Å². The lowest BCUT2D eigenvalue weighted by molar-refractivity contribution is 0.655. The van der Waals surface area contributed by atoms with Crippen LogP contribution in [0.4, 0.5) is 0 Å². The van der Waals surface area contributed by atoms with Gasteiger partial charge in [0.25, 0.3) is 0 Å². The zero-order chi connectivity index (χ0) is 7.11. The van der Waals surface area contributed by atoms with E-state index < -0.39 is 0 Å². The molecule has 0 aliphatic heterocycles. The Bertz CT molecular complexity index is 124. The summed E-state index contributed by atoms with van der Waals surface area (Å²) >= 11 is 0. The third kappa shape index (κ3) is 3.62. The summed E-state index contributed by atoms with van der Waals surface area (Å²) in [7, 11) is 0. The Kier molecular flexibility index (Phi) is 4.64. The molecule has 0 amide bonds. The highest BCUT2D eigenvalue weighted by Gasteiger charge is 1.97. The van der Waals surface area contributed by atoms with Gasteiger partial charge in [0, 0.05) is 11.0 Å². The van der Waals surface area contributed by atoms with Gasteiger partial charge in [-0.15, -0.1) is 6.58 Å². The molecule has 0 radical (unpaired) electrons. The number of rotatable bonds is 4. The summed E-state index contributed by atoms with van der Waals surface area (Å²) in [4.78, 5) is 2.70. The SMILES string of the molecule is C=CC[C@@H](CC)N=[N+]=[N-]. The van der Waals surface area contributed by atoms with Gasteiger partial charge in [-0.25, -0.2) is 0 Å². The molecule has 0 aromatic carbocycles. The average Bonchev–Trinajstić information content (AvgIpc) is 1.88. The Morgan fingerprint density at radius 1 is 1.89 bits per heavy atom. The predicted molar refractivity (Wildman–Crippen MR) is 38.0 cm³/mol. The summed E-state index contributed by atoms with van der Waals surface area (Å²) in [6, 6.07) is 0.104. The Labute approximate surface area is 55.0 Å². The van der Waals surface area contributed by atoms with Crippen molar-refractivity contribution >= 4 is 0 Å². The predicted octanol–water partition coefficient (Wildman–Crippen LogP) is 2.65. The number of hydrogen-bond acceptors (Lipinski definition) is 1. The molecule has 0 aromatic heterocycles. The zero-order valence-corrected chi connectivity index (χ0v) is 5.62. The minimum atomic E-state index is 0.104. The zero-order valence-electron chi connectivity index (χ0n) is 5.62. The van der Waals surface area contributed by atoms with Crippen LogP contribution in [0.5, 0.6) is 0 Å². The molecule has 0 spiro atoms. The van der Waals surface area contributed by atoms with Gasteiger partial charge in [-0.05, 0) is 18.4 Å². The standard InChI is InChI=1S/C6H11N3/c1-3-5-6(4-2)8-9-7/h3,6H,1,4-5H2,2H3/t6-/m1/s1. The average molecular weight is 125 g/mol. The van der Waals surface area contributed by atoms with Crippen LogP contribution in [0.25, 0.3) is 10.4 Å². The fourth-order valence-corrected chi connectivity index (χ4v) is 0.561. The summed E-state index contributed by atoms with van der Waals surface area (Å²) in [6.07, 6.45) is 3.43. The van der Waals surface area contributed by atoms with Crippen LogP contribution in [-0.4, -0.2) is 6.04 Å². The number of azide groups is 1. The largest absolute Gasteiger partial charge is 0.103 e. The van der Waals surface area contributed by atoms with Crippen LogP contribution in [0.15, 0.2) is 17.8 Å². The monoisotopic (exact) mass is 125 g/mol. The van der Waals surface area contributed by atoms with Crippen molar-refractivity contribution in [3.63, 3.8) is 0 Å². The molecule has 0 rings (SSSR count). The van der Waals surface area contributed by atoms with Crippen molar-refractivity contribution in [1.29, 1.82) is 0 Å². The lowest BCUT2D eigenvalue weighted by atomic mass is 10.2. The molecule has 0 bridgehead atoms. The summed E-state index contributed by atoms with van der Waals surface area (Å²) < 4.78 is 0. The molecule has 0 aromatic rings. The van der Waals surface area contributed by atoms with Crippen molar-refractivity contribution in [3.05, 3.63) is 23.1 Å². The molecule has 0 aliphatic carbocycles. The maximum absolute atomic E-state index is 8.02. The first-order valence-corrected chi connectivity index (χ1v) is 3.00. The van der Waals surface area contributed by atoms with Crippen LogP contribution in [0, 0.1) is 0 Å². The van der Waals surface area contributed by atoms with Crippen molar-refractivity contribution < 1.29 is 0 Å². The molecule has 50 valence electrons. The molecule has 0 fully saturated rings. The Morgan fingerprint density at radius 3 is 2.89 bits per heavy atom. The van der Waals surface area contributed by atoms with E-state index in [1.54, 1.807) is 6.08 Å². The normalized spacial score (nSPS) is 11.7. The summed E-state index contributed by atoms with van der Waals surface area (Å²) in [5.74, 6) is 0. The van der Waals surface area contributed by atoms with E-state index >= 15 is 0 Å². The van der Waals surface area contributed by atoms with E-state index in [4.69, 9.17) is 5.53 Å². The van der Waals surface area contributed by atoms with E-state index in [1.165, 1.54) is 0 Å². The Hall–Kier alpha value is -0.950. The lowest BCUT2D eigenvalue weighted by Gasteiger charge is -2.00. The fourth-order valence-electron chi connectivity index (χ4n) is 0.561. The molecular weight excluding hydrogens is 114 g/mol. The van der Waals surface area contributed by atoms with Gasteiger partial charge >= 0.3 is 0 Å². The quantitative estimate of drug-likeness (QED) is 0.240. The van der Waals surface area contributed by atoms with E-state index in [1.807, 2.05) is 6.92 Å². The first-order valence-electron chi connectivity index (χ1n) is 3.00. The highest BCUT2D eigenvalue weighted by molar-refractivity contribution is 4.76. The van der Waals surface area contributed by atoms with Gasteiger partial charge in [0.2, 0.25) is 0 Å². The van der Waals surface area contributed by atoms with Gasteiger partial charge in [-0.3, -0.25) is 0 Å². The minimum Gasteiger partial charge on any atom is -0.103 e. The summed E-state index contributed by atoms with van der Waals surface area (Å²) in [5, 5.41) is 3.54. The summed E-state index contributed by atoms with van der Waals surface area (Å²) in [6.45, 7) is 5.54. The van der Waals surface area contributed by atoms with E-state index in [-0.39, 0.29) is 6.04 Å². The fraction of sp³-hybridized carbons (Fsp3) is 0.667. The molecule has 1 atom stereocenters. The maximum Gasteiger partial charge on any atom is 0.0405 e. The third-order valence-electron chi connectivity index (χ3n) is 1.12. The van der Waals surface area contributed by atoms with Gasteiger partial charge in [-0.1, -0.05) is 18.1 Å². The first kappa shape index (κ1) is 8.05. The Morgan fingerprint density at radius 2 is 2.56 bits per heavy atom. The molecule has 3 heteroatoms. The van der Waals surface area contributed by atoms with E-state index in [0.29, 0.717) is 0 Å². The van der Waals surface area contributed by atoms with Gasteiger partial charge in [0.05, 0.1) is 0 Å². The van der Waals surface area contributed by atoms with E-state index in [9.17, 15) is 0 Å². The Balaban J connectivity index is 3.66. The van der Waals surface area contributed by atoms with Gasteiger partial charge in [0.1, 0.15) is 0 Å². The smallest absolute Gasteiger partial charge is 0.0405 e. The molecule has 0 saturated heterocycles. The van der Waals surface area contributed by atoms with Crippen LogP contribution >= 0.6 is 0 Å². The van der Waals surface area contributed by atoms with Crippen molar-refractivity contribution in [1.82, 2.24) is 0 Å². The van der Waals surface area contributed by atoms with E-state index in [2.05, 4.69) is 16.6 Å². The van der Waals surface area contributed by atoms with Gasteiger partial charge in [0.15, 0.2) is 0 Å². The second-order valence-electron chi connectivity index (χ2n) is 1.79. The topological polar surface area (TPSA) is 48.8 Å². The molecule has 0 N–H and O–H groups in total. The molecular formula is C6H11N3. The molecule has 9 heavy (non-hydrogen) atoms. The molecule has 0 saturated carbocycles. The molecule has 0 unspecified atom stereocenters. The van der Waals surface area contributed by atoms with Crippen molar-refractivity contribution in [2.75, 3.05) is 0 Å². The van der Waals surface area contributed by atoms with Crippen LogP contribution in [0.2, 0.25) is 0 Å².